The SMILES string of the molecule is C=C(C)C1CCC(CO)C2Oc3cc(-c4ccc(C5CCCC5)cc4)cc(O)c3C12. The van der Waals surface area contributed by atoms with Crippen LogP contribution in [0.3, 0.4) is 0 Å². The number of rotatable bonds is 4. The second kappa shape index (κ2) is 7.77. The third-order valence-electron chi connectivity index (χ3n) is 7.76. The summed E-state index contributed by atoms with van der Waals surface area (Å²) >= 11 is 0. The maximum Gasteiger partial charge on any atom is 0.127 e. The molecule has 0 saturated heterocycles. The molecule has 5 rings (SSSR count). The Balaban J connectivity index is 1.49. The van der Waals surface area contributed by atoms with E-state index in [0.29, 0.717) is 11.7 Å². The van der Waals surface area contributed by atoms with Crippen molar-refractivity contribution in [1.29, 1.82) is 0 Å². The van der Waals surface area contributed by atoms with Crippen LogP contribution in [0.2, 0.25) is 0 Å². The minimum atomic E-state index is -0.0913. The van der Waals surface area contributed by atoms with Gasteiger partial charge in [0.2, 0.25) is 0 Å². The highest BCUT2D eigenvalue weighted by Crippen LogP contribution is 2.55. The van der Waals surface area contributed by atoms with Crippen molar-refractivity contribution < 1.29 is 14.9 Å². The zero-order valence-electron chi connectivity index (χ0n) is 17.8. The summed E-state index contributed by atoms with van der Waals surface area (Å²) in [5, 5.41) is 20.9. The van der Waals surface area contributed by atoms with E-state index in [0.717, 1.165) is 40.9 Å². The maximum atomic E-state index is 11.0. The number of hydrogen-bond acceptors (Lipinski definition) is 3. The average Bonchev–Trinajstić information content (AvgIpc) is 3.41. The standard InChI is InChI=1S/C27H32O3/c1-16(2)22-12-11-20(15-28)27-25(22)26-23(29)13-21(14-24(26)30-27)19-9-7-18(8-10-19)17-5-3-4-6-17/h7-10,13-14,17,20,22,25,27-29H,1,3-6,11-12,15H2,2H3. The third-order valence-corrected chi connectivity index (χ3v) is 7.76. The molecule has 3 heteroatoms. The molecule has 30 heavy (non-hydrogen) atoms. The maximum absolute atomic E-state index is 11.0. The predicted octanol–water partition coefficient (Wildman–Crippen LogP) is 6.16. The molecule has 1 aliphatic heterocycles. The number of allylic oxidation sites excluding steroid dienone is 1. The van der Waals surface area contributed by atoms with Gasteiger partial charge in [0.05, 0.1) is 0 Å². The van der Waals surface area contributed by atoms with Gasteiger partial charge in [-0.2, -0.15) is 0 Å². The molecule has 4 unspecified atom stereocenters. The Morgan fingerprint density at radius 2 is 1.77 bits per heavy atom. The van der Waals surface area contributed by atoms with Gasteiger partial charge in [-0.25, -0.2) is 0 Å². The summed E-state index contributed by atoms with van der Waals surface area (Å²) in [5.74, 6) is 2.23. The summed E-state index contributed by atoms with van der Waals surface area (Å²) in [6, 6.07) is 12.8. The molecule has 1 heterocycles. The summed E-state index contributed by atoms with van der Waals surface area (Å²) in [6.45, 7) is 6.38. The van der Waals surface area contributed by atoms with Gasteiger partial charge < -0.3 is 14.9 Å². The van der Waals surface area contributed by atoms with Gasteiger partial charge >= 0.3 is 0 Å². The lowest BCUT2D eigenvalue weighted by atomic mass is 9.68. The molecule has 4 atom stereocenters. The Kier molecular flexibility index (Phi) is 5.10. The van der Waals surface area contributed by atoms with E-state index in [4.69, 9.17) is 4.74 Å². The molecule has 0 bridgehead atoms. The zero-order chi connectivity index (χ0) is 20.8. The van der Waals surface area contributed by atoms with Gasteiger partial charge in [-0.3, -0.25) is 0 Å². The van der Waals surface area contributed by atoms with Crippen LogP contribution in [0.25, 0.3) is 11.1 Å². The van der Waals surface area contributed by atoms with Gasteiger partial charge in [0, 0.05) is 24.0 Å². The van der Waals surface area contributed by atoms with Crippen molar-refractivity contribution in [2.75, 3.05) is 6.61 Å². The third kappa shape index (κ3) is 3.24. The highest BCUT2D eigenvalue weighted by Gasteiger charge is 2.48. The van der Waals surface area contributed by atoms with Crippen molar-refractivity contribution >= 4 is 0 Å². The van der Waals surface area contributed by atoms with Crippen molar-refractivity contribution in [3.8, 4) is 22.6 Å². The van der Waals surface area contributed by atoms with Crippen molar-refractivity contribution in [3.05, 3.63) is 59.7 Å². The molecule has 2 saturated carbocycles. The number of hydrogen-bond donors (Lipinski definition) is 2. The number of ether oxygens (including phenoxy) is 1. The number of aromatic hydroxyl groups is 1. The number of phenols is 1. The summed E-state index contributed by atoms with van der Waals surface area (Å²) in [5.41, 5.74) is 5.54. The van der Waals surface area contributed by atoms with Crippen LogP contribution in [-0.4, -0.2) is 22.9 Å². The number of benzene rings is 2. The molecule has 3 nitrogen and oxygen atoms in total. The van der Waals surface area contributed by atoms with E-state index in [1.807, 2.05) is 6.07 Å². The Labute approximate surface area is 179 Å². The van der Waals surface area contributed by atoms with Gasteiger partial charge in [0.15, 0.2) is 0 Å². The Morgan fingerprint density at radius 3 is 2.43 bits per heavy atom. The van der Waals surface area contributed by atoms with Crippen LogP contribution >= 0.6 is 0 Å². The highest BCUT2D eigenvalue weighted by atomic mass is 16.5. The predicted molar refractivity (Wildman–Crippen MR) is 120 cm³/mol. The van der Waals surface area contributed by atoms with Gasteiger partial charge in [-0.05, 0) is 73.3 Å². The van der Waals surface area contributed by atoms with Gasteiger partial charge in [-0.15, -0.1) is 0 Å². The lowest BCUT2D eigenvalue weighted by molar-refractivity contribution is 0.0412. The quantitative estimate of drug-likeness (QED) is 0.600. The summed E-state index contributed by atoms with van der Waals surface area (Å²) < 4.78 is 6.38. The lowest BCUT2D eigenvalue weighted by Crippen LogP contribution is -2.39. The minimum absolute atomic E-state index is 0.0715. The number of aliphatic hydroxyl groups excluding tert-OH is 1. The van der Waals surface area contributed by atoms with E-state index in [-0.39, 0.29) is 30.5 Å². The van der Waals surface area contributed by atoms with Crippen LogP contribution in [0.15, 0.2) is 48.6 Å². The molecule has 0 aromatic heterocycles. The second-order valence-corrected chi connectivity index (χ2v) is 9.59. The van der Waals surface area contributed by atoms with Crippen molar-refractivity contribution in [2.24, 2.45) is 11.8 Å². The van der Waals surface area contributed by atoms with Crippen LogP contribution in [0.1, 0.15) is 68.4 Å². The normalized spacial score (nSPS) is 28.1. The number of phenolic OH excluding ortho intramolecular Hbond substituents is 1. The van der Waals surface area contributed by atoms with Crippen LogP contribution in [0, 0.1) is 11.8 Å². The van der Waals surface area contributed by atoms with Crippen LogP contribution < -0.4 is 4.74 Å². The Hall–Kier alpha value is -2.26. The van der Waals surface area contributed by atoms with Gasteiger partial charge in [0.1, 0.15) is 17.6 Å². The fourth-order valence-electron chi connectivity index (χ4n) is 6.11. The average molecular weight is 405 g/mol. The minimum Gasteiger partial charge on any atom is -0.507 e. The smallest absolute Gasteiger partial charge is 0.127 e. The summed E-state index contributed by atoms with van der Waals surface area (Å²) in [6.07, 6.45) is 7.09. The lowest BCUT2D eigenvalue weighted by Gasteiger charge is -2.38. The molecule has 2 aromatic rings. The molecule has 3 aliphatic rings. The number of fused-ring (bicyclic) bond motifs is 3. The fourth-order valence-corrected chi connectivity index (χ4v) is 6.11. The highest BCUT2D eigenvalue weighted by molar-refractivity contribution is 5.70. The molecule has 0 amide bonds. The molecule has 2 aliphatic carbocycles. The van der Waals surface area contributed by atoms with Gasteiger partial charge in [-0.1, -0.05) is 49.3 Å². The van der Waals surface area contributed by atoms with Crippen LogP contribution in [0.5, 0.6) is 11.5 Å². The van der Waals surface area contributed by atoms with Crippen molar-refractivity contribution in [3.63, 3.8) is 0 Å². The second-order valence-electron chi connectivity index (χ2n) is 9.59. The topological polar surface area (TPSA) is 49.7 Å². The fraction of sp³-hybridized carbons (Fsp3) is 0.481. The van der Waals surface area contributed by atoms with Gasteiger partial charge in [0.25, 0.3) is 0 Å². The molecule has 2 aromatic carbocycles. The molecule has 0 radical (unpaired) electrons. The summed E-state index contributed by atoms with van der Waals surface area (Å²) in [4.78, 5) is 0. The molecular weight excluding hydrogens is 372 g/mol. The van der Waals surface area contributed by atoms with E-state index in [2.05, 4.69) is 43.8 Å². The van der Waals surface area contributed by atoms with Crippen molar-refractivity contribution in [2.45, 2.75) is 63.4 Å². The molecule has 158 valence electrons. The molecule has 2 N–H and O–H groups in total. The zero-order valence-corrected chi connectivity index (χ0v) is 17.8. The van der Waals surface area contributed by atoms with E-state index >= 15 is 0 Å². The first-order chi connectivity index (χ1) is 14.6. The molecule has 0 spiro atoms. The first kappa shape index (κ1) is 19.7. The monoisotopic (exact) mass is 404 g/mol. The Morgan fingerprint density at radius 1 is 1.03 bits per heavy atom. The largest absolute Gasteiger partial charge is 0.507 e. The van der Waals surface area contributed by atoms with E-state index in [9.17, 15) is 10.2 Å². The molecule has 2 fully saturated rings. The van der Waals surface area contributed by atoms with E-state index in [1.165, 1.54) is 31.2 Å². The van der Waals surface area contributed by atoms with Crippen LogP contribution in [0.4, 0.5) is 0 Å². The summed E-state index contributed by atoms with van der Waals surface area (Å²) in [7, 11) is 0. The van der Waals surface area contributed by atoms with Crippen molar-refractivity contribution in [1.82, 2.24) is 0 Å². The van der Waals surface area contributed by atoms with E-state index < -0.39 is 0 Å². The first-order valence-electron chi connectivity index (χ1n) is 11.5. The Bertz CT molecular complexity index is 939. The van der Waals surface area contributed by atoms with Crippen LogP contribution in [-0.2, 0) is 0 Å². The first-order valence-corrected chi connectivity index (χ1v) is 11.5. The molecular formula is C27H32O3. The number of aliphatic hydroxyl groups is 1. The van der Waals surface area contributed by atoms with E-state index in [1.54, 1.807) is 0 Å².